The van der Waals surface area contributed by atoms with Crippen LogP contribution in [0.4, 0.5) is 0 Å². The summed E-state index contributed by atoms with van der Waals surface area (Å²) in [6.45, 7) is 1.53. The standard InChI is InChI=1S/C12H17NO/c13-12-7-6-11(12)9-14-8-10-4-2-1-3-5-10/h1-5,11-12H,6-9,13H2. The molecule has 1 fully saturated rings. The van der Waals surface area contributed by atoms with Gasteiger partial charge in [0.15, 0.2) is 0 Å². The molecule has 1 aliphatic rings. The predicted octanol–water partition coefficient (Wildman–Crippen LogP) is 1.94. The Hall–Kier alpha value is -0.860. The molecule has 2 heteroatoms. The van der Waals surface area contributed by atoms with Gasteiger partial charge in [-0.1, -0.05) is 30.3 Å². The van der Waals surface area contributed by atoms with E-state index < -0.39 is 0 Å². The molecule has 2 nitrogen and oxygen atoms in total. The zero-order chi connectivity index (χ0) is 9.80. The lowest BCUT2D eigenvalue weighted by molar-refractivity contribution is 0.0483. The average Bonchev–Trinajstić information content (AvgIpc) is 2.24. The summed E-state index contributed by atoms with van der Waals surface area (Å²) in [4.78, 5) is 0. The summed E-state index contributed by atoms with van der Waals surface area (Å²) < 4.78 is 5.61. The molecule has 2 rings (SSSR count). The molecule has 1 saturated carbocycles. The van der Waals surface area contributed by atoms with Crippen LogP contribution in [-0.4, -0.2) is 12.6 Å². The normalized spacial score (nSPS) is 25.8. The van der Waals surface area contributed by atoms with Gasteiger partial charge in [-0.2, -0.15) is 0 Å². The zero-order valence-electron chi connectivity index (χ0n) is 8.36. The molecule has 0 radical (unpaired) electrons. The SMILES string of the molecule is NC1CCC1COCc1ccccc1. The van der Waals surface area contributed by atoms with Gasteiger partial charge in [-0.3, -0.25) is 0 Å². The Labute approximate surface area is 85.1 Å². The van der Waals surface area contributed by atoms with Crippen molar-refractivity contribution in [2.75, 3.05) is 6.61 Å². The third-order valence-electron chi connectivity index (χ3n) is 2.92. The second-order valence-electron chi connectivity index (χ2n) is 4.00. The summed E-state index contributed by atoms with van der Waals surface area (Å²) in [5.41, 5.74) is 7.06. The van der Waals surface area contributed by atoms with Crippen molar-refractivity contribution in [2.24, 2.45) is 11.7 Å². The zero-order valence-corrected chi connectivity index (χ0v) is 8.36. The Morgan fingerprint density at radius 1 is 1.21 bits per heavy atom. The van der Waals surface area contributed by atoms with E-state index in [1.54, 1.807) is 0 Å². The van der Waals surface area contributed by atoms with Gasteiger partial charge in [0.25, 0.3) is 0 Å². The Morgan fingerprint density at radius 3 is 2.57 bits per heavy atom. The van der Waals surface area contributed by atoms with E-state index in [-0.39, 0.29) is 0 Å². The largest absolute Gasteiger partial charge is 0.376 e. The Balaban J connectivity index is 1.68. The molecule has 1 aromatic carbocycles. The monoisotopic (exact) mass is 191 g/mol. The highest BCUT2D eigenvalue weighted by Gasteiger charge is 2.26. The van der Waals surface area contributed by atoms with Crippen LogP contribution in [-0.2, 0) is 11.3 Å². The highest BCUT2D eigenvalue weighted by Crippen LogP contribution is 2.25. The van der Waals surface area contributed by atoms with Crippen LogP contribution in [0.3, 0.4) is 0 Å². The molecular formula is C12H17NO. The summed E-state index contributed by atoms with van der Waals surface area (Å²) in [7, 11) is 0. The molecule has 0 amide bonds. The molecule has 2 atom stereocenters. The topological polar surface area (TPSA) is 35.2 Å². The third-order valence-corrected chi connectivity index (χ3v) is 2.92. The van der Waals surface area contributed by atoms with Crippen LogP contribution >= 0.6 is 0 Å². The minimum atomic E-state index is 0.380. The maximum absolute atomic E-state index is 5.82. The van der Waals surface area contributed by atoms with E-state index in [1.807, 2.05) is 18.2 Å². The Bertz CT molecular complexity index is 273. The molecule has 0 bridgehead atoms. The van der Waals surface area contributed by atoms with Crippen molar-refractivity contribution in [2.45, 2.75) is 25.5 Å². The minimum Gasteiger partial charge on any atom is -0.376 e. The van der Waals surface area contributed by atoms with Crippen molar-refractivity contribution in [3.05, 3.63) is 35.9 Å². The molecule has 14 heavy (non-hydrogen) atoms. The van der Waals surface area contributed by atoms with Gasteiger partial charge in [0.05, 0.1) is 13.2 Å². The maximum Gasteiger partial charge on any atom is 0.0717 e. The molecule has 0 aromatic heterocycles. The number of benzene rings is 1. The van der Waals surface area contributed by atoms with Crippen molar-refractivity contribution in [1.29, 1.82) is 0 Å². The van der Waals surface area contributed by atoms with E-state index in [9.17, 15) is 0 Å². The van der Waals surface area contributed by atoms with Gasteiger partial charge in [0, 0.05) is 6.04 Å². The van der Waals surface area contributed by atoms with Gasteiger partial charge < -0.3 is 10.5 Å². The van der Waals surface area contributed by atoms with E-state index in [0.29, 0.717) is 18.6 Å². The molecule has 2 unspecified atom stereocenters. The van der Waals surface area contributed by atoms with Crippen LogP contribution in [0, 0.1) is 5.92 Å². The average molecular weight is 191 g/mol. The quantitative estimate of drug-likeness (QED) is 0.789. The summed E-state index contributed by atoms with van der Waals surface area (Å²) in [5.74, 6) is 0.596. The smallest absolute Gasteiger partial charge is 0.0717 e. The first-order valence-corrected chi connectivity index (χ1v) is 5.23. The molecule has 0 heterocycles. The molecule has 1 aliphatic carbocycles. The van der Waals surface area contributed by atoms with E-state index >= 15 is 0 Å². The molecule has 2 N–H and O–H groups in total. The fraction of sp³-hybridized carbons (Fsp3) is 0.500. The van der Waals surface area contributed by atoms with Gasteiger partial charge in [-0.25, -0.2) is 0 Å². The van der Waals surface area contributed by atoms with Gasteiger partial charge in [0.2, 0.25) is 0 Å². The first kappa shape index (κ1) is 9.69. The molecule has 1 aromatic rings. The number of rotatable bonds is 4. The second kappa shape index (κ2) is 4.58. The fourth-order valence-corrected chi connectivity index (χ4v) is 1.70. The lowest BCUT2D eigenvalue weighted by atomic mass is 9.81. The van der Waals surface area contributed by atoms with Crippen molar-refractivity contribution in [3.8, 4) is 0 Å². The van der Waals surface area contributed by atoms with Gasteiger partial charge >= 0.3 is 0 Å². The molecule has 0 saturated heterocycles. The number of ether oxygens (including phenoxy) is 1. The van der Waals surface area contributed by atoms with Crippen LogP contribution in [0.1, 0.15) is 18.4 Å². The molecule has 0 aliphatic heterocycles. The van der Waals surface area contributed by atoms with Crippen LogP contribution in [0.2, 0.25) is 0 Å². The van der Waals surface area contributed by atoms with Gasteiger partial charge in [-0.15, -0.1) is 0 Å². The van der Waals surface area contributed by atoms with Crippen LogP contribution < -0.4 is 5.73 Å². The Morgan fingerprint density at radius 2 is 2.00 bits per heavy atom. The summed E-state index contributed by atoms with van der Waals surface area (Å²) in [6, 6.07) is 10.6. The van der Waals surface area contributed by atoms with Crippen molar-refractivity contribution >= 4 is 0 Å². The second-order valence-corrected chi connectivity index (χ2v) is 4.00. The number of hydrogen-bond acceptors (Lipinski definition) is 2. The fourth-order valence-electron chi connectivity index (χ4n) is 1.70. The van der Waals surface area contributed by atoms with Crippen LogP contribution in [0.5, 0.6) is 0 Å². The van der Waals surface area contributed by atoms with E-state index in [4.69, 9.17) is 10.5 Å². The first-order chi connectivity index (χ1) is 6.86. The van der Waals surface area contributed by atoms with Crippen LogP contribution in [0.15, 0.2) is 30.3 Å². The minimum absolute atomic E-state index is 0.380. The summed E-state index contributed by atoms with van der Waals surface area (Å²) in [6.07, 6.45) is 2.40. The van der Waals surface area contributed by atoms with E-state index in [0.717, 1.165) is 6.61 Å². The highest BCUT2D eigenvalue weighted by molar-refractivity contribution is 5.13. The van der Waals surface area contributed by atoms with Crippen molar-refractivity contribution in [1.82, 2.24) is 0 Å². The van der Waals surface area contributed by atoms with Crippen molar-refractivity contribution in [3.63, 3.8) is 0 Å². The summed E-state index contributed by atoms with van der Waals surface area (Å²) >= 11 is 0. The third kappa shape index (κ3) is 2.34. The van der Waals surface area contributed by atoms with Gasteiger partial charge in [0.1, 0.15) is 0 Å². The lowest BCUT2D eigenvalue weighted by Gasteiger charge is -2.33. The van der Waals surface area contributed by atoms with Gasteiger partial charge in [-0.05, 0) is 24.3 Å². The van der Waals surface area contributed by atoms with Crippen LogP contribution in [0.25, 0.3) is 0 Å². The highest BCUT2D eigenvalue weighted by atomic mass is 16.5. The molecule has 0 spiro atoms. The Kier molecular flexibility index (Phi) is 3.17. The molecular weight excluding hydrogens is 174 g/mol. The van der Waals surface area contributed by atoms with E-state index in [1.165, 1.54) is 18.4 Å². The number of nitrogens with two attached hydrogens (primary N) is 1. The van der Waals surface area contributed by atoms with Crippen molar-refractivity contribution < 1.29 is 4.74 Å². The first-order valence-electron chi connectivity index (χ1n) is 5.23. The lowest BCUT2D eigenvalue weighted by Crippen LogP contribution is -2.41. The molecule has 76 valence electrons. The summed E-state index contributed by atoms with van der Waals surface area (Å²) in [5, 5.41) is 0. The number of hydrogen-bond donors (Lipinski definition) is 1. The van der Waals surface area contributed by atoms with E-state index in [2.05, 4.69) is 12.1 Å². The maximum atomic E-state index is 5.82. The predicted molar refractivity (Wildman–Crippen MR) is 56.8 cm³/mol.